The largest absolute Gasteiger partial charge is 0.393 e. The van der Waals surface area contributed by atoms with Crippen LogP contribution in [0, 0.1) is 0 Å². The van der Waals surface area contributed by atoms with E-state index >= 15 is 0 Å². The lowest BCUT2D eigenvalue weighted by Crippen LogP contribution is -2.50. The zero-order valence-electron chi connectivity index (χ0n) is 11.7. The van der Waals surface area contributed by atoms with Crippen LogP contribution in [0.1, 0.15) is 39.5 Å². The van der Waals surface area contributed by atoms with Gasteiger partial charge in [-0.25, -0.2) is 0 Å². The molecule has 1 aliphatic rings. The van der Waals surface area contributed by atoms with E-state index in [0.29, 0.717) is 11.4 Å². The van der Waals surface area contributed by atoms with Crippen LogP contribution in [-0.4, -0.2) is 52.9 Å². The number of hydrogen-bond acceptors (Lipinski definition) is 3. The van der Waals surface area contributed by atoms with E-state index < -0.39 is 0 Å². The van der Waals surface area contributed by atoms with Crippen LogP contribution in [0.15, 0.2) is 0 Å². The quantitative estimate of drug-likeness (QED) is 0.768. The molecule has 0 radical (unpaired) electrons. The predicted octanol–water partition coefficient (Wildman–Crippen LogP) is 1.38. The van der Waals surface area contributed by atoms with Crippen LogP contribution in [0.2, 0.25) is 0 Å². The van der Waals surface area contributed by atoms with Crippen LogP contribution in [0.3, 0.4) is 0 Å². The minimum Gasteiger partial charge on any atom is -0.393 e. The molecule has 2 unspecified atom stereocenters. The lowest BCUT2D eigenvalue weighted by Gasteiger charge is -2.35. The highest BCUT2D eigenvalue weighted by atomic mass is 32.1. The zero-order valence-corrected chi connectivity index (χ0v) is 12.5. The van der Waals surface area contributed by atoms with Crippen molar-refractivity contribution >= 4 is 23.1 Å². The summed E-state index contributed by atoms with van der Waals surface area (Å²) in [5, 5.41) is 0. The van der Waals surface area contributed by atoms with Gasteiger partial charge in [0.15, 0.2) is 0 Å². The van der Waals surface area contributed by atoms with Crippen LogP contribution in [0.4, 0.5) is 0 Å². The highest BCUT2D eigenvalue weighted by molar-refractivity contribution is 7.80. The molecule has 1 fully saturated rings. The van der Waals surface area contributed by atoms with E-state index in [1.807, 2.05) is 18.9 Å². The maximum absolute atomic E-state index is 12.3. The Morgan fingerprint density at radius 3 is 2.39 bits per heavy atom. The molecule has 0 bridgehead atoms. The Hall–Kier alpha value is -0.680. The normalized spacial score (nSPS) is 19.7. The molecule has 0 aromatic carbocycles. The Morgan fingerprint density at radius 1 is 1.33 bits per heavy atom. The van der Waals surface area contributed by atoms with Crippen molar-refractivity contribution in [2.75, 3.05) is 20.1 Å². The van der Waals surface area contributed by atoms with Crippen molar-refractivity contribution in [3.05, 3.63) is 0 Å². The van der Waals surface area contributed by atoms with E-state index in [1.165, 1.54) is 6.42 Å². The third-order valence-corrected chi connectivity index (χ3v) is 3.99. The first-order valence-corrected chi connectivity index (χ1v) is 7.13. The molecular formula is C13H25N3OS. The van der Waals surface area contributed by atoms with Gasteiger partial charge in [-0.15, -0.1) is 0 Å². The van der Waals surface area contributed by atoms with Crippen molar-refractivity contribution in [2.45, 2.75) is 51.6 Å². The van der Waals surface area contributed by atoms with E-state index in [9.17, 15) is 4.79 Å². The minimum atomic E-state index is -0.104. The smallest absolute Gasteiger partial charge is 0.239 e. The minimum absolute atomic E-state index is 0.104. The summed E-state index contributed by atoms with van der Waals surface area (Å²) < 4.78 is 0. The first-order valence-electron chi connectivity index (χ1n) is 6.72. The average molecular weight is 271 g/mol. The standard InChI is InChI=1S/C13H25N3OS/c1-10(9-12(14)18)15(3)11(2)13(17)16-7-5-4-6-8-16/h10-11H,4-9H2,1-3H3,(H2,14,18). The highest BCUT2D eigenvalue weighted by Gasteiger charge is 2.27. The molecule has 1 heterocycles. The number of amides is 1. The second-order valence-corrected chi connectivity index (χ2v) is 5.77. The fourth-order valence-corrected chi connectivity index (χ4v) is 2.61. The fourth-order valence-electron chi connectivity index (χ4n) is 2.37. The van der Waals surface area contributed by atoms with Gasteiger partial charge in [0.25, 0.3) is 0 Å². The second kappa shape index (κ2) is 7.04. The number of hydrogen-bond donors (Lipinski definition) is 1. The van der Waals surface area contributed by atoms with E-state index in [4.69, 9.17) is 18.0 Å². The maximum Gasteiger partial charge on any atom is 0.239 e. The van der Waals surface area contributed by atoms with Crippen molar-refractivity contribution in [3.63, 3.8) is 0 Å². The molecule has 18 heavy (non-hydrogen) atoms. The Labute approximate surface area is 115 Å². The second-order valence-electron chi connectivity index (χ2n) is 5.25. The van der Waals surface area contributed by atoms with Gasteiger partial charge in [-0.05, 0) is 40.2 Å². The number of nitrogens with two attached hydrogens (primary N) is 1. The number of likely N-dealkylation sites (tertiary alicyclic amines) is 1. The molecule has 1 saturated heterocycles. The van der Waals surface area contributed by atoms with Crippen molar-refractivity contribution in [2.24, 2.45) is 5.73 Å². The SMILES string of the molecule is CC(CC(N)=S)N(C)C(C)C(=O)N1CCCCC1. The number of carbonyl (C=O) groups excluding carboxylic acids is 1. The summed E-state index contributed by atoms with van der Waals surface area (Å²) >= 11 is 4.92. The summed E-state index contributed by atoms with van der Waals surface area (Å²) in [5.41, 5.74) is 5.56. The van der Waals surface area contributed by atoms with Crippen molar-refractivity contribution in [3.8, 4) is 0 Å². The van der Waals surface area contributed by atoms with Crippen LogP contribution >= 0.6 is 12.2 Å². The number of piperidine rings is 1. The molecule has 0 aromatic rings. The maximum atomic E-state index is 12.3. The zero-order chi connectivity index (χ0) is 13.7. The topological polar surface area (TPSA) is 49.6 Å². The van der Waals surface area contributed by atoms with E-state index in [0.717, 1.165) is 25.9 Å². The highest BCUT2D eigenvalue weighted by Crippen LogP contribution is 2.14. The molecule has 1 aliphatic heterocycles. The molecular weight excluding hydrogens is 246 g/mol. The fraction of sp³-hybridized carbons (Fsp3) is 0.846. The van der Waals surface area contributed by atoms with E-state index in [-0.39, 0.29) is 18.0 Å². The number of thiocarbonyl (C=S) groups is 1. The monoisotopic (exact) mass is 271 g/mol. The van der Waals surface area contributed by atoms with Gasteiger partial charge in [0.05, 0.1) is 11.0 Å². The van der Waals surface area contributed by atoms with E-state index in [1.54, 1.807) is 0 Å². The molecule has 0 aromatic heterocycles. The first-order chi connectivity index (χ1) is 8.43. The third kappa shape index (κ3) is 4.21. The van der Waals surface area contributed by atoms with Crippen molar-refractivity contribution in [1.29, 1.82) is 0 Å². The van der Waals surface area contributed by atoms with Gasteiger partial charge in [0.2, 0.25) is 5.91 Å². The van der Waals surface area contributed by atoms with Crippen LogP contribution < -0.4 is 5.73 Å². The summed E-state index contributed by atoms with van der Waals surface area (Å²) in [6.45, 7) is 5.83. The van der Waals surface area contributed by atoms with Crippen molar-refractivity contribution in [1.82, 2.24) is 9.80 Å². The molecule has 0 spiro atoms. The lowest BCUT2D eigenvalue weighted by molar-refractivity contribution is -0.137. The summed E-state index contributed by atoms with van der Waals surface area (Å²) in [6.07, 6.45) is 4.16. The van der Waals surface area contributed by atoms with Crippen molar-refractivity contribution < 1.29 is 4.79 Å². The predicted molar refractivity (Wildman–Crippen MR) is 78.5 cm³/mol. The van der Waals surface area contributed by atoms with Gasteiger partial charge in [0.1, 0.15) is 0 Å². The molecule has 1 amide bonds. The molecule has 1 rings (SSSR count). The number of rotatable bonds is 5. The molecule has 104 valence electrons. The summed E-state index contributed by atoms with van der Waals surface area (Å²) in [5.74, 6) is 0.229. The van der Waals surface area contributed by atoms with Gasteiger partial charge in [-0.1, -0.05) is 12.2 Å². The van der Waals surface area contributed by atoms with E-state index in [2.05, 4.69) is 11.8 Å². The van der Waals surface area contributed by atoms with Crippen LogP contribution in [-0.2, 0) is 4.79 Å². The molecule has 5 heteroatoms. The Bertz CT molecular complexity index is 303. The lowest BCUT2D eigenvalue weighted by atomic mass is 10.1. The van der Waals surface area contributed by atoms with Crippen LogP contribution in [0.25, 0.3) is 0 Å². The van der Waals surface area contributed by atoms with Crippen LogP contribution in [0.5, 0.6) is 0 Å². The first kappa shape index (κ1) is 15.4. The van der Waals surface area contributed by atoms with Gasteiger partial charge in [-0.2, -0.15) is 0 Å². The molecule has 0 aliphatic carbocycles. The summed E-state index contributed by atoms with van der Waals surface area (Å²) in [4.78, 5) is 16.9. The van der Waals surface area contributed by atoms with Gasteiger partial charge in [0, 0.05) is 25.6 Å². The number of nitrogens with zero attached hydrogens (tertiary/aromatic N) is 2. The van der Waals surface area contributed by atoms with Gasteiger partial charge < -0.3 is 10.6 Å². The molecule has 0 saturated carbocycles. The summed E-state index contributed by atoms with van der Waals surface area (Å²) in [7, 11) is 1.97. The molecule has 2 N–H and O–H groups in total. The third-order valence-electron chi connectivity index (χ3n) is 3.83. The Balaban J connectivity index is 2.53. The molecule has 2 atom stereocenters. The van der Waals surface area contributed by atoms with Gasteiger partial charge >= 0.3 is 0 Å². The number of likely N-dealkylation sites (N-methyl/N-ethyl adjacent to an activating group) is 1. The Kier molecular flexibility index (Phi) is 6.02. The average Bonchev–Trinajstić information content (AvgIpc) is 2.36. The van der Waals surface area contributed by atoms with Gasteiger partial charge in [-0.3, -0.25) is 9.69 Å². The number of carbonyl (C=O) groups is 1. The summed E-state index contributed by atoms with van der Waals surface area (Å²) in [6, 6.07) is 0.0960. The molecule has 4 nitrogen and oxygen atoms in total. The Morgan fingerprint density at radius 2 is 1.89 bits per heavy atom.